The van der Waals surface area contributed by atoms with E-state index >= 15 is 0 Å². The second-order valence-corrected chi connectivity index (χ2v) is 11.2. The minimum Gasteiger partial charge on any atom is -0.497 e. The van der Waals surface area contributed by atoms with Gasteiger partial charge in [0.25, 0.3) is 5.91 Å². The molecule has 2 aromatic rings. The first-order valence-electron chi connectivity index (χ1n) is 11.0. The molecule has 0 aliphatic carbocycles. The van der Waals surface area contributed by atoms with Crippen LogP contribution in [0, 0.1) is 0 Å². The predicted octanol–water partition coefficient (Wildman–Crippen LogP) is 1.46. The largest absolute Gasteiger partial charge is 0.497 e. The van der Waals surface area contributed by atoms with Gasteiger partial charge in [-0.25, -0.2) is 18.2 Å². The molecule has 36 heavy (non-hydrogen) atoms. The van der Waals surface area contributed by atoms with Crippen LogP contribution in [0.15, 0.2) is 48.5 Å². The van der Waals surface area contributed by atoms with E-state index in [1.165, 1.54) is 31.4 Å². The standard InChI is InChI=1S/C24H29N3O8S/c1-23(2,3)35-22(31)24(25,21(29)30)13-17-6-5-7-18(12-17)26-15-20(28)27(36(26,32)33)14-16-8-10-19(34-4)11-9-16/h5-12H,13-15,25H2,1-4H3,(H,29,30)/t24-/m0/s1. The number of nitrogens with two attached hydrogens (primary N) is 1. The fourth-order valence-electron chi connectivity index (χ4n) is 3.57. The summed E-state index contributed by atoms with van der Waals surface area (Å²) < 4.78 is 38.4. The first-order valence-corrected chi connectivity index (χ1v) is 12.4. The van der Waals surface area contributed by atoms with Gasteiger partial charge in [0.1, 0.15) is 17.9 Å². The molecule has 0 saturated carbocycles. The molecule has 2 aromatic carbocycles. The summed E-state index contributed by atoms with van der Waals surface area (Å²) in [5, 5.41) is 9.68. The lowest BCUT2D eigenvalue weighted by molar-refractivity contribution is -0.169. The molecule has 0 unspecified atom stereocenters. The van der Waals surface area contributed by atoms with Gasteiger partial charge in [0, 0.05) is 6.42 Å². The van der Waals surface area contributed by atoms with Crippen LogP contribution in [0.2, 0.25) is 0 Å². The molecule has 11 nitrogen and oxygen atoms in total. The topological polar surface area (TPSA) is 157 Å². The lowest BCUT2D eigenvalue weighted by Gasteiger charge is -2.28. The molecule has 1 fully saturated rings. The zero-order valence-corrected chi connectivity index (χ0v) is 21.2. The molecule has 0 radical (unpaired) electrons. The van der Waals surface area contributed by atoms with E-state index in [-0.39, 0.29) is 17.8 Å². The van der Waals surface area contributed by atoms with E-state index in [4.69, 9.17) is 15.2 Å². The smallest absolute Gasteiger partial charge is 0.338 e. The summed E-state index contributed by atoms with van der Waals surface area (Å²) in [5.74, 6) is -2.74. The van der Waals surface area contributed by atoms with Gasteiger partial charge in [-0.1, -0.05) is 24.3 Å². The van der Waals surface area contributed by atoms with Crippen molar-refractivity contribution in [1.29, 1.82) is 0 Å². The predicted molar refractivity (Wildman–Crippen MR) is 130 cm³/mol. The molecule has 0 bridgehead atoms. The van der Waals surface area contributed by atoms with Crippen molar-refractivity contribution < 1.29 is 37.4 Å². The van der Waals surface area contributed by atoms with E-state index in [9.17, 15) is 27.9 Å². The van der Waals surface area contributed by atoms with Gasteiger partial charge in [-0.3, -0.25) is 4.79 Å². The highest BCUT2D eigenvalue weighted by atomic mass is 32.2. The number of amides is 1. The summed E-state index contributed by atoms with van der Waals surface area (Å²) in [4.78, 5) is 37.1. The maximum absolute atomic E-state index is 13.2. The van der Waals surface area contributed by atoms with Crippen LogP contribution in [0.1, 0.15) is 31.9 Å². The van der Waals surface area contributed by atoms with E-state index in [2.05, 4.69) is 0 Å². The Kier molecular flexibility index (Phi) is 7.32. The SMILES string of the molecule is COc1ccc(CN2C(=O)CN(c3cccc(C[C@](N)(C(=O)O)C(=O)OC(C)(C)C)c3)S2(=O)=O)cc1. The number of benzene rings is 2. The molecule has 3 rings (SSSR count). The minimum absolute atomic E-state index is 0.134. The first kappa shape index (κ1) is 27.0. The lowest BCUT2D eigenvalue weighted by atomic mass is 9.91. The van der Waals surface area contributed by atoms with Crippen molar-refractivity contribution in [1.82, 2.24) is 4.31 Å². The molecule has 1 amide bonds. The number of esters is 1. The molecule has 12 heteroatoms. The molecule has 0 aromatic heterocycles. The first-order chi connectivity index (χ1) is 16.7. The van der Waals surface area contributed by atoms with E-state index in [1.54, 1.807) is 45.0 Å². The van der Waals surface area contributed by atoms with E-state index in [0.29, 0.717) is 11.3 Å². The molecular weight excluding hydrogens is 490 g/mol. The fourth-order valence-corrected chi connectivity index (χ4v) is 5.09. The van der Waals surface area contributed by atoms with Gasteiger partial charge in [-0.05, 0) is 56.2 Å². The molecule has 1 atom stereocenters. The van der Waals surface area contributed by atoms with Gasteiger partial charge in [-0.15, -0.1) is 0 Å². The highest BCUT2D eigenvalue weighted by Crippen LogP contribution is 2.29. The fraction of sp³-hybridized carbons (Fsp3) is 0.375. The van der Waals surface area contributed by atoms with Crippen molar-refractivity contribution in [2.45, 2.75) is 44.9 Å². The number of anilines is 1. The minimum atomic E-state index is -4.21. The van der Waals surface area contributed by atoms with Gasteiger partial charge >= 0.3 is 22.1 Å². The zero-order valence-electron chi connectivity index (χ0n) is 20.4. The summed E-state index contributed by atoms with van der Waals surface area (Å²) in [6, 6.07) is 12.5. The maximum atomic E-state index is 13.2. The maximum Gasteiger partial charge on any atom is 0.338 e. The monoisotopic (exact) mass is 519 g/mol. The Balaban J connectivity index is 1.86. The van der Waals surface area contributed by atoms with Crippen LogP contribution >= 0.6 is 0 Å². The number of hydrogen-bond donors (Lipinski definition) is 2. The second-order valence-electron chi connectivity index (χ2n) is 9.39. The summed E-state index contributed by atoms with van der Waals surface area (Å²) >= 11 is 0. The van der Waals surface area contributed by atoms with Crippen molar-refractivity contribution in [2.75, 3.05) is 18.0 Å². The molecule has 0 spiro atoms. The Morgan fingerprint density at radius 1 is 1.08 bits per heavy atom. The summed E-state index contributed by atoms with van der Waals surface area (Å²) in [6.07, 6.45) is -0.456. The number of ether oxygens (including phenoxy) is 2. The Hall–Kier alpha value is -3.64. The van der Waals surface area contributed by atoms with E-state index < -0.39 is 52.2 Å². The molecule has 1 saturated heterocycles. The van der Waals surface area contributed by atoms with Crippen LogP contribution in [0.25, 0.3) is 0 Å². The summed E-state index contributed by atoms with van der Waals surface area (Å²) in [5.41, 5.74) is 3.60. The molecule has 1 aliphatic heterocycles. The molecule has 1 heterocycles. The third-order valence-corrected chi connectivity index (χ3v) is 7.21. The van der Waals surface area contributed by atoms with Crippen LogP contribution in [-0.4, -0.2) is 60.5 Å². The average molecular weight is 520 g/mol. The number of carboxylic acid groups (broad SMARTS) is 1. The number of methoxy groups -OCH3 is 1. The number of carboxylic acids is 1. The van der Waals surface area contributed by atoms with Crippen LogP contribution in [0.5, 0.6) is 5.75 Å². The van der Waals surface area contributed by atoms with Crippen LogP contribution in [0.4, 0.5) is 5.69 Å². The molecular formula is C24H29N3O8S. The van der Waals surface area contributed by atoms with Gasteiger partial charge < -0.3 is 20.3 Å². The molecule has 1 aliphatic rings. The quantitative estimate of drug-likeness (QED) is 0.389. The van der Waals surface area contributed by atoms with Crippen LogP contribution in [-0.2, 0) is 42.3 Å². The van der Waals surface area contributed by atoms with Crippen LogP contribution < -0.4 is 14.8 Å². The Labute approximate surface area is 209 Å². The zero-order chi connectivity index (χ0) is 26.9. The Morgan fingerprint density at radius 3 is 2.28 bits per heavy atom. The third kappa shape index (κ3) is 5.60. The van der Waals surface area contributed by atoms with Crippen molar-refractivity contribution in [2.24, 2.45) is 5.73 Å². The van der Waals surface area contributed by atoms with E-state index in [1.807, 2.05) is 0 Å². The van der Waals surface area contributed by atoms with Gasteiger partial charge in [0.05, 0.1) is 19.3 Å². The van der Waals surface area contributed by atoms with E-state index in [0.717, 1.165) is 8.61 Å². The number of carbonyl (C=O) groups excluding carboxylic acids is 2. The number of carbonyl (C=O) groups is 3. The molecule has 3 N–H and O–H groups in total. The summed E-state index contributed by atoms with van der Waals surface area (Å²) in [7, 11) is -2.71. The number of rotatable bonds is 8. The van der Waals surface area contributed by atoms with Crippen molar-refractivity contribution in [3.05, 3.63) is 59.7 Å². The van der Waals surface area contributed by atoms with Crippen molar-refractivity contribution >= 4 is 33.7 Å². The lowest BCUT2D eigenvalue weighted by Crippen LogP contribution is -2.58. The highest BCUT2D eigenvalue weighted by molar-refractivity contribution is 7.91. The Morgan fingerprint density at radius 2 is 1.72 bits per heavy atom. The summed E-state index contributed by atoms with van der Waals surface area (Å²) in [6.45, 7) is 4.16. The van der Waals surface area contributed by atoms with Crippen molar-refractivity contribution in [3.8, 4) is 5.75 Å². The number of hydrogen-bond acceptors (Lipinski definition) is 8. The number of aliphatic carboxylic acids is 1. The normalized spacial score (nSPS) is 17.0. The van der Waals surface area contributed by atoms with Gasteiger partial charge in [0.2, 0.25) is 5.54 Å². The highest BCUT2D eigenvalue weighted by Gasteiger charge is 2.46. The third-order valence-electron chi connectivity index (χ3n) is 5.43. The average Bonchev–Trinajstić information content (AvgIpc) is 3.01. The molecule has 194 valence electrons. The Bertz CT molecular complexity index is 1270. The van der Waals surface area contributed by atoms with Gasteiger partial charge in [0.15, 0.2) is 0 Å². The second kappa shape index (κ2) is 9.78. The number of nitrogens with zero attached hydrogens (tertiary/aromatic N) is 2. The van der Waals surface area contributed by atoms with Crippen LogP contribution in [0.3, 0.4) is 0 Å². The van der Waals surface area contributed by atoms with Crippen molar-refractivity contribution in [3.63, 3.8) is 0 Å². The van der Waals surface area contributed by atoms with Gasteiger partial charge in [-0.2, -0.15) is 8.42 Å².